The molecule has 0 aliphatic heterocycles. The quantitative estimate of drug-likeness (QED) is 0.0261. The Bertz CT molecular complexity index is 1570. The van der Waals surface area contributed by atoms with Crippen LogP contribution in [0.3, 0.4) is 0 Å². The monoisotopic (exact) mass is 1160 g/mol. The average molecular weight is 1160 g/mol. The number of rotatable bonds is 66. The van der Waals surface area contributed by atoms with Crippen molar-refractivity contribution in [3.8, 4) is 0 Å². The van der Waals surface area contributed by atoms with Crippen molar-refractivity contribution in [1.29, 1.82) is 0 Å². The summed E-state index contributed by atoms with van der Waals surface area (Å²) in [5.74, 6) is -1.03. The number of carbonyl (C=O) groups excluding carboxylic acids is 3. The Morgan fingerprint density at radius 1 is 0.265 bits per heavy atom. The van der Waals surface area contributed by atoms with Gasteiger partial charge in [0.2, 0.25) is 0 Å². The number of hydrogen-bond acceptors (Lipinski definition) is 6. The summed E-state index contributed by atoms with van der Waals surface area (Å²) >= 11 is 0. The van der Waals surface area contributed by atoms with Crippen LogP contribution in [0.5, 0.6) is 0 Å². The molecule has 0 fully saturated rings. The second-order valence-corrected chi connectivity index (χ2v) is 24.1. The highest BCUT2D eigenvalue weighted by molar-refractivity contribution is 5.72. The summed E-state index contributed by atoms with van der Waals surface area (Å²) in [7, 11) is 0. The predicted octanol–water partition coefficient (Wildman–Crippen LogP) is 25.0. The first kappa shape index (κ1) is 79.6. The van der Waals surface area contributed by atoms with Crippen molar-refractivity contribution >= 4 is 17.9 Å². The van der Waals surface area contributed by atoms with E-state index in [0.29, 0.717) is 12.8 Å². The van der Waals surface area contributed by atoms with Gasteiger partial charge in [0, 0.05) is 12.8 Å². The molecule has 0 radical (unpaired) electrons. The second kappa shape index (κ2) is 71.1. The first-order valence-electron chi connectivity index (χ1n) is 36.1. The fourth-order valence-electron chi connectivity index (χ4n) is 10.6. The summed E-state index contributed by atoms with van der Waals surface area (Å²) in [4.78, 5) is 38.4. The highest BCUT2D eigenvalue weighted by Crippen LogP contribution is 2.18. The molecule has 0 amide bonds. The van der Waals surface area contributed by atoms with Crippen LogP contribution < -0.4 is 0 Å². The summed E-state index contributed by atoms with van der Waals surface area (Å²) in [6.45, 7) is 6.48. The van der Waals surface area contributed by atoms with Gasteiger partial charge in [0.05, 0.1) is 6.42 Å². The van der Waals surface area contributed by atoms with Gasteiger partial charge >= 0.3 is 17.9 Å². The van der Waals surface area contributed by atoms with Gasteiger partial charge in [-0.1, -0.05) is 356 Å². The molecule has 0 saturated heterocycles. The van der Waals surface area contributed by atoms with Crippen molar-refractivity contribution in [2.24, 2.45) is 0 Å². The smallest absolute Gasteiger partial charge is 0.309 e. The van der Waals surface area contributed by atoms with E-state index in [0.717, 1.165) is 77.0 Å². The van der Waals surface area contributed by atoms with Gasteiger partial charge in [-0.25, -0.2) is 0 Å². The lowest BCUT2D eigenvalue weighted by Crippen LogP contribution is -2.30. The number of allylic oxidation sites excluding steroid dienone is 13. The van der Waals surface area contributed by atoms with Crippen molar-refractivity contribution in [2.75, 3.05) is 13.2 Å². The Labute approximate surface area is 515 Å². The van der Waals surface area contributed by atoms with E-state index in [1.54, 1.807) is 0 Å². The molecule has 6 nitrogen and oxygen atoms in total. The Morgan fingerprint density at radius 2 is 0.518 bits per heavy atom. The van der Waals surface area contributed by atoms with E-state index in [2.05, 4.69) is 93.7 Å². The normalized spacial score (nSPS) is 12.6. The third-order valence-electron chi connectivity index (χ3n) is 15.9. The van der Waals surface area contributed by atoms with Gasteiger partial charge in [-0.2, -0.15) is 0 Å². The van der Waals surface area contributed by atoms with E-state index in [1.165, 1.54) is 250 Å². The first-order valence-corrected chi connectivity index (χ1v) is 36.1. The van der Waals surface area contributed by atoms with Crippen LogP contribution in [0.4, 0.5) is 0 Å². The maximum Gasteiger partial charge on any atom is 0.309 e. The molecule has 1 unspecified atom stereocenters. The fraction of sp³-hybridized carbons (Fsp3) is 0.779. The molecule has 6 heteroatoms. The molecule has 0 bridgehead atoms. The summed E-state index contributed by atoms with van der Waals surface area (Å²) in [6.07, 6.45) is 95.1. The minimum atomic E-state index is -0.820. The largest absolute Gasteiger partial charge is 0.462 e. The third kappa shape index (κ3) is 69.3. The van der Waals surface area contributed by atoms with Crippen molar-refractivity contribution in [1.82, 2.24) is 0 Å². The summed E-state index contributed by atoms with van der Waals surface area (Å²) in [6, 6.07) is 0. The van der Waals surface area contributed by atoms with Gasteiger partial charge in [-0.15, -0.1) is 0 Å². The van der Waals surface area contributed by atoms with Gasteiger partial charge in [0.1, 0.15) is 13.2 Å². The molecule has 0 spiro atoms. The molecule has 0 aromatic carbocycles. The minimum Gasteiger partial charge on any atom is -0.462 e. The molecule has 0 heterocycles. The van der Waals surface area contributed by atoms with Gasteiger partial charge in [0.15, 0.2) is 6.10 Å². The van der Waals surface area contributed by atoms with Crippen LogP contribution in [0.1, 0.15) is 367 Å². The number of ether oxygens (including phenoxy) is 3. The molecule has 0 N–H and O–H groups in total. The molecule has 0 aliphatic carbocycles. The zero-order chi connectivity index (χ0) is 59.9. The lowest BCUT2D eigenvalue weighted by atomic mass is 10.0. The second-order valence-electron chi connectivity index (χ2n) is 24.1. The SMILES string of the molecule is CC/C=C\C/C=C\C/C=C\C/C=C\C/C=C\CC(=O)OCC(COC(=O)CCCCCCCCCCCCCCCCCCCCCCCCCCCCCCC)OC(=O)CCCCCCCCCCC/C=C\C/C=C\CCCCCCC. The van der Waals surface area contributed by atoms with Crippen LogP contribution in [0.25, 0.3) is 0 Å². The van der Waals surface area contributed by atoms with E-state index >= 15 is 0 Å². The number of hydrogen-bond donors (Lipinski definition) is 0. The van der Waals surface area contributed by atoms with Crippen molar-refractivity contribution < 1.29 is 28.6 Å². The topological polar surface area (TPSA) is 78.9 Å². The molecular formula is C77H136O6. The number of carbonyl (C=O) groups is 3. The molecule has 83 heavy (non-hydrogen) atoms. The lowest BCUT2D eigenvalue weighted by Gasteiger charge is -2.18. The van der Waals surface area contributed by atoms with E-state index in [1.807, 2.05) is 12.2 Å². The molecule has 0 aromatic rings. The van der Waals surface area contributed by atoms with Gasteiger partial charge in [-0.3, -0.25) is 14.4 Å². The molecular weight excluding hydrogens is 1020 g/mol. The predicted molar refractivity (Wildman–Crippen MR) is 362 cm³/mol. The summed E-state index contributed by atoms with van der Waals surface area (Å²) in [5.41, 5.74) is 0. The van der Waals surface area contributed by atoms with Crippen LogP contribution in [0.15, 0.2) is 85.1 Å². The zero-order valence-corrected chi connectivity index (χ0v) is 55.2. The van der Waals surface area contributed by atoms with E-state index < -0.39 is 12.1 Å². The molecule has 0 aromatic heterocycles. The van der Waals surface area contributed by atoms with Gasteiger partial charge < -0.3 is 14.2 Å². The molecule has 480 valence electrons. The van der Waals surface area contributed by atoms with Gasteiger partial charge in [-0.05, 0) is 77.0 Å². The van der Waals surface area contributed by atoms with Crippen molar-refractivity contribution in [2.45, 2.75) is 374 Å². The minimum absolute atomic E-state index is 0.105. The van der Waals surface area contributed by atoms with Crippen LogP contribution in [-0.4, -0.2) is 37.2 Å². The third-order valence-corrected chi connectivity index (χ3v) is 15.9. The lowest BCUT2D eigenvalue weighted by molar-refractivity contribution is -0.166. The van der Waals surface area contributed by atoms with E-state index in [9.17, 15) is 14.4 Å². The van der Waals surface area contributed by atoms with E-state index in [4.69, 9.17) is 14.2 Å². The number of unbranched alkanes of at least 4 members (excludes halogenated alkanes) is 42. The highest BCUT2D eigenvalue weighted by atomic mass is 16.6. The van der Waals surface area contributed by atoms with Crippen LogP contribution in [0.2, 0.25) is 0 Å². The summed E-state index contributed by atoms with van der Waals surface area (Å²) in [5, 5.41) is 0. The Kier molecular flexibility index (Phi) is 68.2. The number of esters is 3. The Balaban J connectivity index is 4.29. The Hall–Kier alpha value is -3.41. The van der Waals surface area contributed by atoms with Gasteiger partial charge in [0.25, 0.3) is 0 Å². The fourth-order valence-corrected chi connectivity index (χ4v) is 10.6. The van der Waals surface area contributed by atoms with Crippen LogP contribution >= 0.6 is 0 Å². The van der Waals surface area contributed by atoms with Crippen LogP contribution in [-0.2, 0) is 28.6 Å². The maximum absolute atomic E-state index is 12.9. The average Bonchev–Trinajstić information content (AvgIpc) is 3.49. The Morgan fingerprint density at radius 3 is 0.843 bits per heavy atom. The van der Waals surface area contributed by atoms with E-state index in [-0.39, 0.29) is 31.6 Å². The summed E-state index contributed by atoms with van der Waals surface area (Å²) < 4.78 is 16.9. The first-order chi connectivity index (χ1) is 41.0. The van der Waals surface area contributed by atoms with Crippen molar-refractivity contribution in [3.63, 3.8) is 0 Å². The standard InChI is InChI=1S/C77H136O6/c1-4-7-10-13-16-19-22-25-28-30-32-34-35-36-37-38-39-40-41-43-44-46-49-52-55-58-61-64-67-70-76(79)82-73-74(72-81-75(78)69-66-63-60-57-54-51-48-27-24-21-18-15-12-9-6-3)83-77(80)71-68-65-62-59-56-53-50-47-45-42-33-31-29-26-23-20-17-14-11-8-5-2/h9,12,18,21,23,26-27,31,33,48,54,57,63,66,74H,4-8,10-11,13-17,19-20,22,24-25,28-30,32,34-47,49-53,55-56,58-62,64-65,67-73H2,1-3H3/b12-9-,21-18-,26-23-,33-31-,48-27-,57-54-,66-63-. The maximum atomic E-state index is 12.9. The van der Waals surface area contributed by atoms with Crippen LogP contribution in [0, 0.1) is 0 Å². The molecule has 0 saturated carbocycles. The molecule has 1 atom stereocenters. The molecule has 0 aliphatic rings. The zero-order valence-electron chi connectivity index (χ0n) is 55.2. The highest BCUT2D eigenvalue weighted by Gasteiger charge is 2.19. The van der Waals surface area contributed by atoms with Crippen molar-refractivity contribution in [3.05, 3.63) is 85.1 Å². The molecule has 0 rings (SSSR count).